The summed E-state index contributed by atoms with van der Waals surface area (Å²) < 4.78 is 38.2. The first-order valence-corrected chi connectivity index (χ1v) is 5.12. The highest BCUT2D eigenvalue weighted by molar-refractivity contribution is 5.88. The summed E-state index contributed by atoms with van der Waals surface area (Å²) in [5, 5.41) is 12.8. The van der Waals surface area contributed by atoms with Gasteiger partial charge in [0.15, 0.2) is 0 Å². The van der Waals surface area contributed by atoms with Crippen LogP contribution in [0.15, 0.2) is 24.5 Å². The molecule has 0 aliphatic heterocycles. The van der Waals surface area contributed by atoms with Crippen LogP contribution in [0.25, 0.3) is 5.69 Å². The molecule has 19 heavy (non-hydrogen) atoms. The van der Waals surface area contributed by atoms with Crippen LogP contribution in [-0.4, -0.2) is 25.8 Å². The van der Waals surface area contributed by atoms with Crippen LogP contribution in [0.3, 0.4) is 0 Å². The molecular formula is C11H8F3N3O2. The van der Waals surface area contributed by atoms with Crippen LogP contribution < -0.4 is 0 Å². The molecule has 0 amide bonds. The van der Waals surface area contributed by atoms with Crippen molar-refractivity contribution in [2.24, 2.45) is 0 Å². The molecule has 2 heterocycles. The smallest absolute Gasteiger partial charge is 0.433 e. The average molecular weight is 271 g/mol. The molecule has 0 unspecified atom stereocenters. The summed E-state index contributed by atoms with van der Waals surface area (Å²) in [4.78, 5) is 14.1. The van der Waals surface area contributed by atoms with E-state index in [0.717, 1.165) is 12.3 Å². The van der Waals surface area contributed by atoms with E-state index < -0.39 is 17.8 Å². The molecule has 2 rings (SSSR count). The Bertz CT molecular complexity index is 617. The molecule has 100 valence electrons. The topological polar surface area (TPSA) is 68.0 Å². The van der Waals surface area contributed by atoms with Crippen LogP contribution in [0.5, 0.6) is 0 Å². The van der Waals surface area contributed by atoms with Crippen molar-refractivity contribution in [2.45, 2.75) is 13.1 Å². The van der Waals surface area contributed by atoms with Gasteiger partial charge in [-0.3, -0.25) is 0 Å². The van der Waals surface area contributed by atoms with Crippen LogP contribution in [0, 0.1) is 6.92 Å². The molecule has 0 fully saturated rings. The standard InChI is InChI=1S/C11H8F3N3O2/c1-6-8(10(18)19)5-17(16-6)7-2-3-9(15-4-7)11(12,13)14/h2-5H,1H3,(H,18,19). The molecule has 0 saturated carbocycles. The first-order chi connectivity index (χ1) is 8.79. The number of halogens is 3. The van der Waals surface area contributed by atoms with Crippen molar-refractivity contribution in [1.29, 1.82) is 0 Å². The fraction of sp³-hybridized carbons (Fsp3) is 0.182. The zero-order chi connectivity index (χ0) is 14.2. The number of aromatic nitrogens is 3. The van der Waals surface area contributed by atoms with Gasteiger partial charge in [0.25, 0.3) is 0 Å². The van der Waals surface area contributed by atoms with Gasteiger partial charge in [-0.1, -0.05) is 0 Å². The number of carboxylic acids is 1. The quantitative estimate of drug-likeness (QED) is 0.909. The van der Waals surface area contributed by atoms with Gasteiger partial charge in [0.2, 0.25) is 0 Å². The molecule has 1 N–H and O–H groups in total. The average Bonchev–Trinajstić information content (AvgIpc) is 2.70. The van der Waals surface area contributed by atoms with Gasteiger partial charge >= 0.3 is 12.1 Å². The summed E-state index contributed by atoms with van der Waals surface area (Å²) in [6.07, 6.45) is -2.30. The number of aryl methyl sites for hydroxylation is 1. The number of alkyl halides is 3. The van der Waals surface area contributed by atoms with E-state index in [9.17, 15) is 18.0 Å². The van der Waals surface area contributed by atoms with Gasteiger partial charge < -0.3 is 5.11 Å². The van der Waals surface area contributed by atoms with Gasteiger partial charge in [-0.2, -0.15) is 18.3 Å². The number of pyridine rings is 1. The number of carbonyl (C=O) groups is 1. The molecule has 0 spiro atoms. The molecule has 8 heteroatoms. The highest BCUT2D eigenvalue weighted by atomic mass is 19.4. The van der Waals surface area contributed by atoms with Gasteiger partial charge in [-0.25, -0.2) is 14.5 Å². The zero-order valence-corrected chi connectivity index (χ0v) is 9.64. The van der Waals surface area contributed by atoms with Gasteiger partial charge in [0, 0.05) is 6.20 Å². The minimum absolute atomic E-state index is 0.0140. The van der Waals surface area contributed by atoms with E-state index in [0.29, 0.717) is 0 Å². The highest BCUT2D eigenvalue weighted by Gasteiger charge is 2.32. The van der Waals surface area contributed by atoms with E-state index in [1.807, 2.05) is 0 Å². The SMILES string of the molecule is Cc1nn(-c2ccc(C(F)(F)F)nc2)cc1C(=O)O. The molecule has 0 radical (unpaired) electrons. The van der Waals surface area contributed by atoms with Gasteiger partial charge in [0.05, 0.1) is 17.6 Å². The van der Waals surface area contributed by atoms with E-state index in [2.05, 4.69) is 10.1 Å². The summed E-state index contributed by atoms with van der Waals surface area (Å²) in [6.45, 7) is 1.50. The molecule has 0 saturated heterocycles. The van der Waals surface area contributed by atoms with Crippen molar-refractivity contribution in [1.82, 2.24) is 14.8 Å². The molecule has 0 bridgehead atoms. The third-order valence-electron chi connectivity index (χ3n) is 2.43. The Balaban J connectivity index is 2.38. The molecule has 5 nitrogen and oxygen atoms in total. The van der Waals surface area contributed by atoms with Gasteiger partial charge in [-0.05, 0) is 19.1 Å². The second-order valence-corrected chi connectivity index (χ2v) is 3.78. The summed E-state index contributed by atoms with van der Waals surface area (Å²) in [6, 6.07) is 1.99. The number of aromatic carboxylic acids is 1. The number of carboxylic acid groups (broad SMARTS) is 1. The van der Waals surface area contributed by atoms with Crippen molar-refractivity contribution in [2.75, 3.05) is 0 Å². The van der Waals surface area contributed by atoms with Crippen LogP contribution in [0.2, 0.25) is 0 Å². The Labute approximate surface area is 105 Å². The van der Waals surface area contributed by atoms with E-state index in [1.165, 1.54) is 23.9 Å². The maximum Gasteiger partial charge on any atom is 0.433 e. The normalized spacial score (nSPS) is 11.6. The Morgan fingerprint density at radius 2 is 2.05 bits per heavy atom. The van der Waals surface area contributed by atoms with Crippen molar-refractivity contribution in [3.63, 3.8) is 0 Å². The fourth-order valence-electron chi connectivity index (χ4n) is 1.49. The second kappa shape index (κ2) is 4.38. The van der Waals surface area contributed by atoms with Crippen LogP contribution in [0.1, 0.15) is 21.7 Å². The largest absolute Gasteiger partial charge is 0.478 e. The molecule has 2 aromatic rings. The Kier molecular flexibility index (Phi) is 3.01. The summed E-state index contributed by atoms with van der Waals surface area (Å²) in [5.41, 5.74) is -0.505. The van der Waals surface area contributed by atoms with E-state index in [1.54, 1.807) is 0 Å². The second-order valence-electron chi connectivity index (χ2n) is 3.78. The summed E-state index contributed by atoms with van der Waals surface area (Å²) in [7, 11) is 0. The van der Waals surface area contributed by atoms with Crippen molar-refractivity contribution >= 4 is 5.97 Å². The van der Waals surface area contributed by atoms with E-state index in [4.69, 9.17) is 5.11 Å². The highest BCUT2D eigenvalue weighted by Crippen LogP contribution is 2.27. The van der Waals surface area contributed by atoms with Crippen LogP contribution >= 0.6 is 0 Å². The lowest BCUT2D eigenvalue weighted by atomic mass is 10.3. The molecule has 0 aliphatic carbocycles. The van der Waals surface area contributed by atoms with Crippen molar-refractivity contribution in [3.05, 3.63) is 41.5 Å². The zero-order valence-electron chi connectivity index (χ0n) is 9.64. The molecule has 2 aromatic heterocycles. The minimum atomic E-state index is -4.51. The van der Waals surface area contributed by atoms with Crippen LogP contribution in [-0.2, 0) is 6.18 Å². The van der Waals surface area contributed by atoms with Crippen molar-refractivity contribution < 1.29 is 23.1 Å². The Hall–Kier alpha value is -2.38. The maximum absolute atomic E-state index is 12.3. The predicted molar refractivity (Wildman–Crippen MR) is 58.1 cm³/mol. The first-order valence-electron chi connectivity index (χ1n) is 5.12. The lowest BCUT2D eigenvalue weighted by Crippen LogP contribution is -2.08. The molecule has 0 aromatic carbocycles. The number of hydrogen-bond donors (Lipinski definition) is 1. The third kappa shape index (κ3) is 2.56. The fourth-order valence-corrected chi connectivity index (χ4v) is 1.49. The molecular weight excluding hydrogens is 263 g/mol. The Morgan fingerprint density at radius 3 is 2.47 bits per heavy atom. The Morgan fingerprint density at radius 1 is 1.37 bits per heavy atom. The maximum atomic E-state index is 12.3. The minimum Gasteiger partial charge on any atom is -0.478 e. The van der Waals surface area contributed by atoms with E-state index >= 15 is 0 Å². The van der Waals surface area contributed by atoms with Crippen molar-refractivity contribution in [3.8, 4) is 5.69 Å². The lowest BCUT2D eigenvalue weighted by Gasteiger charge is -2.06. The number of nitrogens with zero attached hydrogens (tertiary/aromatic N) is 3. The predicted octanol–water partition coefficient (Wildman–Crippen LogP) is 2.29. The van der Waals surface area contributed by atoms with Gasteiger partial charge in [-0.15, -0.1) is 0 Å². The summed E-state index contributed by atoms with van der Waals surface area (Å²) in [5.74, 6) is -1.15. The first kappa shape index (κ1) is 13.1. The third-order valence-corrected chi connectivity index (χ3v) is 2.43. The monoisotopic (exact) mass is 271 g/mol. The lowest BCUT2D eigenvalue weighted by molar-refractivity contribution is -0.141. The molecule has 0 atom stereocenters. The molecule has 0 aliphatic rings. The summed E-state index contributed by atoms with van der Waals surface area (Å²) >= 11 is 0. The number of rotatable bonds is 2. The van der Waals surface area contributed by atoms with Gasteiger partial charge in [0.1, 0.15) is 11.3 Å². The van der Waals surface area contributed by atoms with E-state index in [-0.39, 0.29) is 16.9 Å². The number of hydrogen-bond acceptors (Lipinski definition) is 3. The van der Waals surface area contributed by atoms with Crippen LogP contribution in [0.4, 0.5) is 13.2 Å².